The number of amides is 2. The van der Waals surface area contributed by atoms with Gasteiger partial charge in [0.25, 0.3) is 0 Å². The SMILES string of the molecule is CN(C(=O)C(=O)NCC#N)C1CCCCC1O. The van der Waals surface area contributed by atoms with Crippen molar-refractivity contribution in [1.82, 2.24) is 10.2 Å². The van der Waals surface area contributed by atoms with Crippen molar-refractivity contribution < 1.29 is 14.7 Å². The minimum Gasteiger partial charge on any atom is -0.391 e. The Morgan fingerprint density at radius 2 is 2.12 bits per heavy atom. The summed E-state index contributed by atoms with van der Waals surface area (Å²) in [5.74, 6) is -1.50. The fourth-order valence-corrected chi connectivity index (χ4v) is 2.05. The smallest absolute Gasteiger partial charge is 0.311 e. The molecule has 17 heavy (non-hydrogen) atoms. The van der Waals surface area contributed by atoms with Crippen LogP contribution in [0.15, 0.2) is 0 Å². The first-order valence-electron chi connectivity index (χ1n) is 5.68. The fourth-order valence-electron chi connectivity index (χ4n) is 2.05. The maximum absolute atomic E-state index is 11.7. The van der Waals surface area contributed by atoms with Crippen molar-refractivity contribution >= 4 is 11.8 Å². The van der Waals surface area contributed by atoms with Crippen LogP contribution in [0.3, 0.4) is 0 Å². The van der Waals surface area contributed by atoms with E-state index in [0.717, 1.165) is 12.8 Å². The third kappa shape index (κ3) is 3.43. The number of rotatable bonds is 2. The molecule has 1 saturated carbocycles. The van der Waals surface area contributed by atoms with Gasteiger partial charge in [-0.3, -0.25) is 9.59 Å². The van der Waals surface area contributed by atoms with E-state index < -0.39 is 17.9 Å². The van der Waals surface area contributed by atoms with E-state index in [9.17, 15) is 14.7 Å². The third-order valence-electron chi connectivity index (χ3n) is 3.03. The maximum atomic E-state index is 11.7. The largest absolute Gasteiger partial charge is 0.391 e. The lowest BCUT2D eigenvalue weighted by Gasteiger charge is -2.34. The van der Waals surface area contributed by atoms with Crippen molar-refractivity contribution in [3.63, 3.8) is 0 Å². The number of hydrogen-bond acceptors (Lipinski definition) is 4. The zero-order valence-corrected chi connectivity index (χ0v) is 9.85. The van der Waals surface area contributed by atoms with Crippen LogP contribution in [-0.4, -0.2) is 47.6 Å². The van der Waals surface area contributed by atoms with E-state index in [4.69, 9.17) is 5.26 Å². The quantitative estimate of drug-likeness (QED) is 0.496. The van der Waals surface area contributed by atoms with Gasteiger partial charge in [0.15, 0.2) is 0 Å². The van der Waals surface area contributed by atoms with Gasteiger partial charge in [0.2, 0.25) is 0 Å². The number of nitrogens with zero attached hydrogens (tertiary/aromatic N) is 2. The molecule has 1 fully saturated rings. The van der Waals surface area contributed by atoms with Crippen molar-refractivity contribution in [2.75, 3.05) is 13.6 Å². The second-order valence-electron chi connectivity index (χ2n) is 4.18. The molecule has 2 atom stereocenters. The zero-order chi connectivity index (χ0) is 12.8. The second kappa shape index (κ2) is 6.21. The van der Waals surface area contributed by atoms with Crippen molar-refractivity contribution in [2.24, 2.45) is 0 Å². The molecule has 0 aromatic heterocycles. The lowest BCUT2D eigenvalue weighted by atomic mass is 9.91. The molecular weight excluding hydrogens is 222 g/mol. The molecule has 0 aromatic rings. The molecule has 0 aromatic carbocycles. The van der Waals surface area contributed by atoms with E-state index in [0.29, 0.717) is 12.8 Å². The normalized spacial score (nSPS) is 23.6. The van der Waals surface area contributed by atoms with E-state index in [1.807, 2.05) is 0 Å². The summed E-state index contributed by atoms with van der Waals surface area (Å²) < 4.78 is 0. The number of likely N-dealkylation sites (N-methyl/N-ethyl adjacent to an activating group) is 1. The molecule has 1 aliphatic carbocycles. The average molecular weight is 239 g/mol. The van der Waals surface area contributed by atoms with Gasteiger partial charge in [-0.25, -0.2) is 0 Å². The minimum absolute atomic E-state index is 0.189. The van der Waals surface area contributed by atoms with Gasteiger partial charge in [0.05, 0.1) is 18.2 Å². The monoisotopic (exact) mass is 239 g/mol. The lowest BCUT2D eigenvalue weighted by Crippen LogP contribution is -2.51. The van der Waals surface area contributed by atoms with Gasteiger partial charge in [-0.15, -0.1) is 0 Å². The first kappa shape index (κ1) is 13.5. The van der Waals surface area contributed by atoms with Crippen molar-refractivity contribution in [1.29, 1.82) is 5.26 Å². The Labute approximate surface area is 100 Å². The highest BCUT2D eigenvalue weighted by atomic mass is 16.3. The van der Waals surface area contributed by atoms with Crippen LogP contribution in [0.25, 0.3) is 0 Å². The lowest BCUT2D eigenvalue weighted by molar-refractivity contribution is -0.148. The highest BCUT2D eigenvalue weighted by molar-refractivity contribution is 6.35. The summed E-state index contributed by atoms with van der Waals surface area (Å²) in [6.45, 7) is -0.189. The predicted octanol–water partition coefficient (Wildman–Crippen LogP) is -0.612. The molecule has 0 saturated heterocycles. The van der Waals surface area contributed by atoms with E-state index in [1.54, 1.807) is 6.07 Å². The standard InChI is InChI=1S/C11H17N3O3/c1-14(8-4-2-3-5-9(8)15)11(17)10(16)13-7-6-12/h8-9,15H,2-5,7H2,1H3,(H,13,16). The molecule has 0 heterocycles. The summed E-state index contributed by atoms with van der Waals surface area (Å²) in [5, 5.41) is 20.3. The van der Waals surface area contributed by atoms with Crippen LogP contribution < -0.4 is 5.32 Å². The molecule has 6 nitrogen and oxygen atoms in total. The summed E-state index contributed by atoms with van der Waals surface area (Å²) in [5.41, 5.74) is 0. The Bertz CT molecular complexity index is 337. The number of nitrogens with one attached hydrogen (secondary N) is 1. The number of carbonyl (C=O) groups is 2. The Hall–Kier alpha value is -1.61. The Kier molecular flexibility index (Phi) is 4.91. The minimum atomic E-state index is -0.799. The van der Waals surface area contributed by atoms with Crippen molar-refractivity contribution in [3.05, 3.63) is 0 Å². The summed E-state index contributed by atoms with van der Waals surface area (Å²) in [6.07, 6.45) is 2.68. The summed E-state index contributed by atoms with van der Waals surface area (Å²) >= 11 is 0. The first-order valence-corrected chi connectivity index (χ1v) is 5.68. The molecular formula is C11H17N3O3. The van der Waals surface area contributed by atoms with Crippen LogP contribution in [0.4, 0.5) is 0 Å². The first-order chi connectivity index (χ1) is 8.07. The van der Waals surface area contributed by atoms with Gasteiger partial charge in [-0.1, -0.05) is 12.8 Å². The highest BCUT2D eigenvalue weighted by Crippen LogP contribution is 2.22. The van der Waals surface area contributed by atoms with E-state index in [-0.39, 0.29) is 12.6 Å². The molecule has 94 valence electrons. The van der Waals surface area contributed by atoms with E-state index >= 15 is 0 Å². The van der Waals surface area contributed by atoms with Crippen LogP contribution in [0.1, 0.15) is 25.7 Å². The van der Waals surface area contributed by atoms with Gasteiger partial charge in [0, 0.05) is 7.05 Å². The second-order valence-corrected chi connectivity index (χ2v) is 4.18. The third-order valence-corrected chi connectivity index (χ3v) is 3.03. The van der Waals surface area contributed by atoms with Crippen molar-refractivity contribution in [3.8, 4) is 6.07 Å². The molecule has 2 unspecified atom stereocenters. The topological polar surface area (TPSA) is 93.4 Å². The van der Waals surface area contributed by atoms with Gasteiger partial charge < -0.3 is 15.3 Å². The molecule has 2 amide bonds. The van der Waals surface area contributed by atoms with Crippen molar-refractivity contribution in [2.45, 2.75) is 37.8 Å². The average Bonchev–Trinajstić information content (AvgIpc) is 2.34. The van der Waals surface area contributed by atoms with Crippen LogP contribution in [0.2, 0.25) is 0 Å². The molecule has 0 bridgehead atoms. The fraction of sp³-hybridized carbons (Fsp3) is 0.727. The predicted molar refractivity (Wildman–Crippen MR) is 59.7 cm³/mol. The molecule has 1 rings (SSSR count). The molecule has 2 N–H and O–H groups in total. The van der Waals surface area contributed by atoms with E-state index in [1.165, 1.54) is 11.9 Å². The van der Waals surface area contributed by atoms with Crippen LogP contribution in [0.5, 0.6) is 0 Å². The molecule has 1 aliphatic rings. The Morgan fingerprint density at radius 3 is 2.71 bits per heavy atom. The number of carbonyl (C=O) groups excluding carboxylic acids is 2. The van der Waals surface area contributed by atoms with Gasteiger partial charge in [-0.05, 0) is 12.8 Å². The Balaban J connectivity index is 2.56. The molecule has 0 radical (unpaired) electrons. The number of hydrogen-bond donors (Lipinski definition) is 2. The highest BCUT2D eigenvalue weighted by Gasteiger charge is 2.31. The summed E-state index contributed by atoms with van der Waals surface area (Å²) in [6, 6.07) is 1.43. The number of aliphatic hydroxyl groups is 1. The van der Waals surface area contributed by atoms with Gasteiger partial charge in [-0.2, -0.15) is 5.26 Å². The van der Waals surface area contributed by atoms with E-state index in [2.05, 4.69) is 5.32 Å². The zero-order valence-electron chi connectivity index (χ0n) is 9.85. The van der Waals surface area contributed by atoms with Crippen LogP contribution >= 0.6 is 0 Å². The number of aliphatic hydroxyl groups excluding tert-OH is 1. The Morgan fingerprint density at radius 1 is 1.47 bits per heavy atom. The van der Waals surface area contributed by atoms with Gasteiger partial charge >= 0.3 is 11.8 Å². The van der Waals surface area contributed by atoms with Gasteiger partial charge in [0.1, 0.15) is 6.54 Å². The molecule has 0 spiro atoms. The molecule has 0 aliphatic heterocycles. The number of nitriles is 1. The maximum Gasteiger partial charge on any atom is 0.311 e. The summed E-state index contributed by atoms with van der Waals surface area (Å²) in [4.78, 5) is 24.3. The molecule has 6 heteroatoms. The van der Waals surface area contributed by atoms with Crippen LogP contribution in [0, 0.1) is 11.3 Å². The van der Waals surface area contributed by atoms with Crippen LogP contribution in [-0.2, 0) is 9.59 Å². The summed E-state index contributed by atoms with van der Waals surface area (Å²) in [7, 11) is 1.51.